The van der Waals surface area contributed by atoms with Gasteiger partial charge in [0.1, 0.15) is 5.03 Å². The summed E-state index contributed by atoms with van der Waals surface area (Å²) in [6.07, 6.45) is 3.26. The Hall–Kier alpha value is -2.76. The summed E-state index contributed by atoms with van der Waals surface area (Å²) in [4.78, 5) is 13.1. The Balaban J connectivity index is 1.67. The molecule has 0 bridgehead atoms. The summed E-state index contributed by atoms with van der Waals surface area (Å²) in [5.74, 6) is 0.559. The molecule has 0 spiro atoms. The van der Waals surface area contributed by atoms with Crippen LogP contribution in [0.2, 0.25) is 5.02 Å². The second-order valence-electron chi connectivity index (χ2n) is 5.18. The van der Waals surface area contributed by atoms with Crippen LogP contribution < -0.4 is 0 Å². The molecule has 4 aromatic rings. The maximum Gasteiger partial charge on any atom is 0.269 e. The van der Waals surface area contributed by atoms with Gasteiger partial charge in [0.25, 0.3) is 5.89 Å². The lowest BCUT2D eigenvalue weighted by Gasteiger charge is -1.98. The molecule has 0 aliphatic heterocycles. The van der Waals surface area contributed by atoms with Crippen molar-refractivity contribution in [3.8, 4) is 11.4 Å². The summed E-state index contributed by atoms with van der Waals surface area (Å²) in [5, 5.41) is 4.74. The van der Waals surface area contributed by atoms with E-state index in [1.807, 2.05) is 42.5 Å². The summed E-state index contributed by atoms with van der Waals surface area (Å²) < 4.78 is 5.23. The largest absolute Gasteiger partial charge is 0.333 e. The summed E-state index contributed by atoms with van der Waals surface area (Å²) in [6.45, 7) is 0. The van der Waals surface area contributed by atoms with Gasteiger partial charge >= 0.3 is 0 Å². The normalized spacial score (nSPS) is 11.8. The number of halogens is 2. The van der Waals surface area contributed by atoms with E-state index in [1.165, 1.54) is 0 Å². The van der Waals surface area contributed by atoms with Gasteiger partial charge in [0.05, 0.1) is 27.9 Å². The van der Waals surface area contributed by atoms with E-state index in [2.05, 4.69) is 20.1 Å². The number of rotatable bonds is 3. The molecule has 7 heteroatoms. The number of nitrogens with zero attached hydrogens (tertiary/aromatic N) is 4. The van der Waals surface area contributed by atoms with Gasteiger partial charge in [0.15, 0.2) is 0 Å². The smallest absolute Gasteiger partial charge is 0.269 e. The zero-order chi connectivity index (χ0) is 17.2. The summed E-state index contributed by atoms with van der Waals surface area (Å²) in [6, 6.07) is 14.8. The summed E-state index contributed by atoms with van der Waals surface area (Å²) >= 11 is 12.4. The number of hydrogen-bond donors (Lipinski definition) is 0. The fourth-order valence-electron chi connectivity index (χ4n) is 2.31. The van der Waals surface area contributed by atoms with Crippen LogP contribution in [0.15, 0.2) is 59.3 Å². The maximum atomic E-state index is 6.30. The Bertz CT molecular complexity index is 1090. The van der Waals surface area contributed by atoms with Crippen LogP contribution >= 0.6 is 23.2 Å². The predicted octanol–water partition coefficient (Wildman–Crippen LogP) is 5.07. The van der Waals surface area contributed by atoms with Gasteiger partial charge in [-0.15, -0.1) is 0 Å². The zero-order valence-electron chi connectivity index (χ0n) is 12.7. The van der Waals surface area contributed by atoms with Gasteiger partial charge in [-0.25, -0.2) is 4.98 Å². The lowest BCUT2D eigenvalue weighted by atomic mass is 10.2. The Morgan fingerprint density at radius 2 is 1.72 bits per heavy atom. The molecule has 0 amide bonds. The molecule has 0 aliphatic carbocycles. The minimum atomic E-state index is 0.187. The highest BCUT2D eigenvalue weighted by Gasteiger charge is 2.14. The number of para-hydroxylation sites is 2. The van der Waals surface area contributed by atoms with Crippen molar-refractivity contribution in [2.24, 2.45) is 0 Å². The van der Waals surface area contributed by atoms with Crippen molar-refractivity contribution < 1.29 is 4.52 Å². The zero-order valence-corrected chi connectivity index (χ0v) is 14.2. The van der Waals surface area contributed by atoms with E-state index in [9.17, 15) is 0 Å². The number of benzene rings is 2. The van der Waals surface area contributed by atoms with Crippen LogP contribution in [-0.2, 0) is 0 Å². The number of hydrogen-bond acceptors (Lipinski definition) is 5. The van der Waals surface area contributed by atoms with Gasteiger partial charge in [0.2, 0.25) is 5.82 Å². The van der Waals surface area contributed by atoms with E-state index in [0.717, 1.165) is 11.0 Å². The first-order valence-electron chi connectivity index (χ1n) is 7.39. The second-order valence-corrected chi connectivity index (χ2v) is 5.99. The minimum Gasteiger partial charge on any atom is -0.333 e. The molecule has 0 N–H and O–H groups in total. The fraction of sp³-hybridized carbons (Fsp3) is 0. The fourth-order valence-corrected chi connectivity index (χ4v) is 2.71. The highest BCUT2D eigenvalue weighted by atomic mass is 35.5. The molecule has 0 saturated carbocycles. The monoisotopic (exact) mass is 368 g/mol. The second kappa shape index (κ2) is 6.63. The predicted molar refractivity (Wildman–Crippen MR) is 98.0 cm³/mol. The van der Waals surface area contributed by atoms with Crippen molar-refractivity contribution in [2.45, 2.75) is 0 Å². The average molecular weight is 369 g/mol. The van der Waals surface area contributed by atoms with Gasteiger partial charge < -0.3 is 4.52 Å². The van der Waals surface area contributed by atoms with Gasteiger partial charge in [-0.05, 0) is 30.3 Å². The molecule has 0 atom stereocenters. The summed E-state index contributed by atoms with van der Waals surface area (Å²) in [7, 11) is 0. The first kappa shape index (κ1) is 15.7. The van der Waals surface area contributed by atoms with Crippen LogP contribution in [0.5, 0.6) is 0 Å². The highest BCUT2D eigenvalue weighted by molar-refractivity contribution is 6.50. The van der Waals surface area contributed by atoms with Gasteiger partial charge in [-0.2, -0.15) is 4.98 Å². The number of aromatic nitrogens is 4. The van der Waals surface area contributed by atoms with Crippen LogP contribution in [-0.4, -0.2) is 20.1 Å². The average Bonchev–Trinajstić information content (AvgIpc) is 3.12. The topological polar surface area (TPSA) is 64.7 Å². The van der Waals surface area contributed by atoms with E-state index >= 15 is 0 Å². The van der Waals surface area contributed by atoms with E-state index in [4.69, 9.17) is 27.7 Å². The van der Waals surface area contributed by atoms with Gasteiger partial charge in [-0.3, -0.25) is 4.98 Å². The van der Waals surface area contributed by atoms with E-state index < -0.39 is 0 Å². The summed E-state index contributed by atoms with van der Waals surface area (Å²) in [5.41, 5.74) is 2.87. The standard InChI is InChI=1S/C18H10Cl2N4O/c19-13-6-2-1-5-12(13)17-23-18(25-24-17)14(20)9-11-10-21-15-7-3-4-8-16(15)22-11/h1-10H/b14-9-. The van der Waals surface area contributed by atoms with E-state index in [0.29, 0.717) is 22.1 Å². The van der Waals surface area contributed by atoms with Crippen molar-refractivity contribution in [2.75, 3.05) is 0 Å². The molecular weight excluding hydrogens is 359 g/mol. The number of fused-ring (bicyclic) bond motifs is 1. The first-order valence-corrected chi connectivity index (χ1v) is 8.14. The minimum absolute atomic E-state index is 0.187. The maximum absolute atomic E-state index is 6.30. The molecule has 0 saturated heterocycles. The third-order valence-electron chi connectivity index (χ3n) is 3.49. The molecule has 2 aromatic heterocycles. The Morgan fingerprint density at radius 1 is 0.960 bits per heavy atom. The molecule has 122 valence electrons. The quantitative estimate of drug-likeness (QED) is 0.504. The van der Waals surface area contributed by atoms with Crippen LogP contribution in [0.3, 0.4) is 0 Å². The molecule has 4 rings (SSSR count). The van der Waals surface area contributed by atoms with E-state index in [-0.39, 0.29) is 10.9 Å². The highest BCUT2D eigenvalue weighted by Crippen LogP contribution is 2.27. The Labute approximate surface area is 152 Å². The Morgan fingerprint density at radius 3 is 2.56 bits per heavy atom. The van der Waals surface area contributed by atoms with Gasteiger partial charge in [0, 0.05) is 5.56 Å². The molecule has 0 aliphatic rings. The first-order chi connectivity index (χ1) is 12.2. The van der Waals surface area contributed by atoms with E-state index in [1.54, 1.807) is 18.3 Å². The molecule has 0 fully saturated rings. The van der Waals surface area contributed by atoms with Crippen LogP contribution in [0.1, 0.15) is 11.6 Å². The van der Waals surface area contributed by atoms with Crippen LogP contribution in [0.4, 0.5) is 0 Å². The van der Waals surface area contributed by atoms with Gasteiger partial charge in [-0.1, -0.05) is 52.6 Å². The van der Waals surface area contributed by atoms with Crippen molar-refractivity contribution in [3.05, 3.63) is 71.3 Å². The van der Waals surface area contributed by atoms with Crippen LogP contribution in [0, 0.1) is 0 Å². The molecule has 25 heavy (non-hydrogen) atoms. The molecule has 0 radical (unpaired) electrons. The van der Waals surface area contributed by atoms with Crippen LogP contribution in [0.25, 0.3) is 33.5 Å². The van der Waals surface area contributed by atoms with Crippen molar-refractivity contribution >= 4 is 45.3 Å². The van der Waals surface area contributed by atoms with Crippen molar-refractivity contribution in [1.82, 2.24) is 20.1 Å². The molecule has 0 unspecified atom stereocenters. The third kappa shape index (κ3) is 3.24. The Kier molecular flexibility index (Phi) is 4.17. The molecule has 2 heterocycles. The lowest BCUT2D eigenvalue weighted by molar-refractivity contribution is 0.410. The van der Waals surface area contributed by atoms with Crippen molar-refractivity contribution in [3.63, 3.8) is 0 Å². The molecule has 2 aromatic carbocycles. The molecular formula is C18H10Cl2N4O. The third-order valence-corrected chi connectivity index (χ3v) is 4.09. The lowest BCUT2D eigenvalue weighted by Crippen LogP contribution is -1.88. The van der Waals surface area contributed by atoms with Crippen molar-refractivity contribution in [1.29, 1.82) is 0 Å². The SMILES string of the molecule is Cl/C(=C\c1cnc2ccccc2n1)c1nc(-c2ccccc2Cl)no1. The molecule has 5 nitrogen and oxygen atoms in total.